The molecule has 0 spiro atoms. The molecule has 1 aromatic carbocycles. The smallest absolute Gasteiger partial charge is 0.227 e. The zero-order valence-corrected chi connectivity index (χ0v) is 12.9. The van der Waals surface area contributed by atoms with Gasteiger partial charge in [0.25, 0.3) is 0 Å². The van der Waals surface area contributed by atoms with Crippen LogP contribution in [0.15, 0.2) is 28.7 Å². The summed E-state index contributed by atoms with van der Waals surface area (Å²) in [5.41, 5.74) is 1.07. The van der Waals surface area contributed by atoms with Crippen molar-refractivity contribution in [2.45, 2.75) is 19.3 Å². The zero-order valence-electron chi connectivity index (χ0n) is 11.4. The van der Waals surface area contributed by atoms with Crippen LogP contribution in [0, 0.1) is 5.92 Å². The van der Waals surface area contributed by atoms with Crippen LogP contribution in [0.2, 0.25) is 0 Å². The van der Waals surface area contributed by atoms with Crippen molar-refractivity contribution in [1.82, 2.24) is 10.2 Å². The van der Waals surface area contributed by atoms with Crippen LogP contribution >= 0.6 is 15.9 Å². The summed E-state index contributed by atoms with van der Waals surface area (Å²) in [7, 11) is 1.97. The third-order valence-corrected chi connectivity index (χ3v) is 4.44. The quantitative estimate of drug-likeness (QED) is 0.922. The predicted molar refractivity (Wildman–Crippen MR) is 81.1 cm³/mol. The second kappa shape index (κ2) is 7.06. The van der Waals surface area contributed by atoms with Crippen LogP contribution in [0.3, 0.4) is 0 Å². The van der Waals surface area contributed by atoms with Gasteiger partial charge in [-0.3, -0.25) is 4.79 Å². The monoisotopic (exact) mass is 324 g/mol. The summed E-state index contributed by atoms with van der Waals surface area (Å²) in [6, 6.07) is 7.95. The van der Waals surface area contributed by atoms with Crippen molar-refractivity contribution < 1.29 is 4.79 Å². The molecule has 0 aliphatic carbocycles. The van der Waals surface area contributed by atoms with Gasteiger partial charge in [0.05, 0.1) is 6.42 Å². The van der Waals surface area contributed by atoms with E-state index in [0.29, 0.717) is 12.3 Å². The Labute approximate surface area is 123 Å². The number of amides is 1. The molecule has 1 amide bonds. The van der Waals surface area contributed by atoms with Crippen LogP contribution in [0.5, 0.6) is 0 Å². The van der Waals surface area contributed by atoms with E-state index in [9.17, 15) is 4.79 Å². The molecule has 1 aliphatic rings. The summed E-state index contributed by atoms with van der Waals surface area (Å²) in [6.07, 6.45) is 2.83. The largest absolute Gasteiger partial charge is 0.342 e. The van der Waals surface area contributed by atoms with Crippen molar-refractivity contribution in [2.24, 2.45) is 5.92 Å². The Kier molecular flexibility index (Phi) is 5.40. The van der Waals surface area contributed by atoms with Gasteiger partial charge in [0.1, 0.15) is 0 Å². The topological polar surface area (TPSA) is 32.3 Å². The Hall–Kier alpha value is -0.870. The number of nitrogens with one attached hydrogen (secondary N) is 1. The summed E-state index contributed by atoms with van der Waals surface area (Å²) in [4.78, 5) is 14.4. The zero-order chi connectivity index (χ0) is 13.7. The first-order valence-electron chi connectivity index (χ1n) is 6.86. The van der Waals surface area contributed by atoms with Crippen molar-refractivity contribution in [3.8, 4) is 0 Å². The molecular weight excluding hydrogens is 304 g/mol. The van der Waals surface area contributed by atoms with E-state index >= 15 is 0 Å². The van der Waals surface area contributed by atoms with Crippen LogP contribution in [0.1, 0.15) is 18.4 Å². The molecular formula is C15H21BrN2O. The molecule has 0 aromatic heterocycles. The van der Waals surface area contributed by atoms with Crippen molar-refractivity contribution in [2.75, 3.05) is 26.7 Å². The lowest BCUT2D eigenvalue weighted by Crippen LogP contribution is -2.43. The number of hydrogen-bond acceptors (Lipinski definition) is 2. The standard InChI is InChI=1S/C15H21BrN2O/c1-17-10-12-5-4-8-18(11-12)15(19)9-13-6-2-3-7-14(13)16/h2-3,6-7,12,17H,4-5,8-11H2,1H3/t12-/m0/s1. The van der Waals surface area contributed by atoms with Crippen LogP contribution < -0.4 is 5.32 Å². The first-order chi connectivity index (χ1) is 9.20. The molecule has 0 saturated carbocycles. The number of rotatable bonds is 4. The average molecular weight is 325 g/mol. The van der Waals surface area contributed by atoms with E-state index in [1.807, 2.05) is 36.2 Å². The molecule has 2 rings (SSSR count). The Balaban J connectivity index is 1.94. The fourth-order valence-corrected chi connectivity index (χ4v) is 3.09. The summed E-state index contributed by atoms with van der Waals surface area (Å²) in [5, 5.41) is 3.21. The molecule has 1 aromatic rings. The maximum absolute atomic E-state index is 12.4. The molecule has 4 heteroatoms. The number of halogens is 1. The van der Waals surface area contributed by atoms with Crippen LogP contribution in [0.25, 0.3) is 0 Å². The van der Waals surface area contributed by atoms with Crippen LogP contribution in [-0.2, 0) is 11.2 Å². The highest BCUT2D eigenvalue weighted by Crippen LogP contribution is 2.20. The second-order valence-electron chi connectivity index (χ2n) is 5.17. The van der Waals surface area contributed by atoms with Crippen molar-refractivity contribution >= 4 is 21.8 Å². The van der Waals surface area contributed by atoms with E-state index in [0.717, 1.165) is 36.1 Å². The first-order valence-corrected chi connectivity index (χ1v) is 7.65. The third kappa shape index (κ3) is 4.05. The van der Waals surface area contributed by atoms with Crippen LogP contribution in [-0.4, -0.2) is 37.5 Å². The van der Waals surface area contributed by atoms with Gasteiger partial charge in [-0.15, -0.1) is 0 Å². The number of benzene rings is 1. The lowest BCUT2D eigenvalue weighted by molar-refractivity contribution is -0.132. The normalized spacial score (nSPS) is 19.5. The SMILES string of the molecule is CNC[C@@H]1CCCN(C(=O)Cc2ccccc2Br)C1. The van der Waals surface area contributed by atoms with E-state index in [1.165, 1.54) is 6.42 Å². The van der Waals surface area contributed by atoms with Gasteiger partial charge in [0.2, 0.25) is 5.91 Å². The number of carbonyl (C=O) groups excluding carboxylic acids is 1. The molecule has 0 unspecified atom stereocenters. The molecule has 1 saturated heterocycles. The highest BCUT2D eigenvalue weighted by Gasteiger charge is 2.23. The van der Waals surface area contributed by atoms with Gasteiger partial charge in [0, 0.05) is 17.6 Å². The maximum atomic E-state index is 12.4. The van der Waals surface area contributed by atoms with Crippen LogP contribution in [0.4, 0.5) is 0 Å². The second-order valence-corrected chi connectivity index (χ2v) is 6.03. The third-order valence-electron chi connectivity index (χ3n) is 3.66. The molecule has 1 aliphatic heterocycles. The summed E-state index contributed by atoms with van der Waals surface area (Å²) in [5.74, 6) is 0.842. The molecule has 0 bridgehead atoms. The highest BCUT2D eigenvalue weighted by atomic mass is 79.9. The van der Waals surface area contributed by atoms with Crippen molar-refractivity contribution in [3.63, 3.8) is 0 Å². The van der Waals surface area contributed by atoms with E-state index < -0.39 is 0 Å². The molecule has 1 N–H and O–H groups in total. The maximum Gasteiger partial charge on any atom is 0.227 e. The van der Waals surface area contributed by atoms with Gasteiger partial charge in [-0.1, -0.05) is 34.1 Å². The predicted octanol–water partition coefficient (Wildman–Crippen LogP) is 2.45. The van der Waals surface area contributed by atoms with E-state index in [-0.39, 0.29) is 5.91 Å². The van der Waals surface area contributed by atoms with E-state index in [1.54, 1.807) is 0 Å². The fourth-order valence-electron chi connectivity index (χ4n) is 2.66. The Morgan fingerprint density at radius 2 is 2.26 bits per heavy atom. The fraction of sp³-hybridized carbons (Fsp3) is 0.533. The van der Waals surface area contributed by atoms with E-state index in [4.69, 9.17) is 0 Å². The Bertz CT molecular complexity index is 434. The highest BCUT2D eigenvalue weighted by molar-refractivity contribution is 9.10. The minimum absolute atomic E-state index is 0.243. The molecule has 19 heavy (non-hydrogen) atoms. The minimum Gasteiger partial charge on any atom is -0.342 e. The molecule has 1 heterocycles. The van der Waals surface area contributed by atoms with Gasteiger partial charge >= 0.3 is 0 Å². The average Bonchev–Trinajstić information content (AvgIpc) is 2.42. The lowest BCUT2D eigenvalue weighted by Gasteiger charge is -2.33. The van der Waals surface area contributed by atoms with Crippen molar-refractivity contribution in [1.29, 1.82) is 0 Å². The number of carbonyl (C=O) groups is 1. The Morgan fingerprint density at radius 1 is 1.47 bits per heavy atom. The summed E-state index contributed by atoms with van der Waals surface area (Å²) < 4.78 is 1.02. The van der Waals surface area contributed by atoms with Gasteiger partial charge in [0.15, 0.2) is 0 Å². The lowest BCUT2D eigenvalue weighted by atomic mass is 9.97. The Morgan fingerprint density at radius 3 is 3.00 bits per heavy atom. The minimum atomic E-state index is 0.243. The summed E-state index contributed by atoms with van der Waals surface area (Å²) in [6.45, 7) is 2.80. The summed E-state index contributed by atoms with van der Waals surface area (Å²) >= 11 is 3.50. The van der Waals surface area contributed by atoms with Gasteiger partial charge in [-0.05, 0) is 44.0 Å². The van der Waals surface area contributed by atoms with Gasteiger partial charge in [-0.25, -0.2) is 0 Å². The number of nitrogens with zero attached hydrogens (tertiary/aromatic N) is 1. The van der Waals surface area contributed by atoms with Crippen molar-refractivity contribution in [3.05, 3.63) is 34.3 Å². The molecule has 1 atom stereocenters. The van der Waals surface area contributed by atoms with Gasteiger partial charge < -0.3 is 10.2 Å². The first kappa shape index (κ1) is 14.5. The molecule has 1 fully saturated rings. The number of hydrogen-bond donors (Lipinski definition) is 1. The van der Waals surface area contributed by atoms with Gasteiger partial charge in [-0.2, -0.15) is 0 Å². The molecule has 3 nitrogen and oxygen atoms in total. The van der Waals surface area contributed by atoms with E-state index in [2.05, 4.69) is 21.2 Å². The number of likely N-dealkylation sites (tertiary alicyclic amines) is 1. The number of piperidine rings is 1. The molecule has 104 valence electrons. The molecule has 0 radical (unpaired) electrons.